The first-order chi connectivity index (χ1) is 7.25. The van der Waals surface area contributed by atoms with E-state index in [1.807, 2.05) is 30.3 Å². The van der Waals surface area contributed by atoms with Gasteiger partial charge in [0.05, 0.1) is 11.9 Å². The zero-order valence-corrected chi connectivity index (χ0v) is 8.23. The quantitative estimate of drug-likeness (QED) is 0.460. The molecule has 0 bridgehead atoms. The van der Waals surface area contributed by atoms with Gasteiger partial charge in [0.25, 0.3) is 0 Å². The van der Waals surface area contributed by atoms with Crippen LogP contribution in [0.5, 0.6) is 0 Å². The topological polar surface area (TPSA) is 54.4 Å². The number of carbonyl (C=O) groups excluding carboxylic acids is 1. The van der Waals surface area contributed by atoms with Gasteiger partial charge in [0.1, 0.15) is 0 Å². The van der Waals surface area contributed by atoms with Crippen molar-refractivity contribution in [3.8, 4) is 0 Å². The number of rotatable bonds is 2. The lowest BCUT2D eigenvalue weighted by Crippen LogP contribution is -1.91. The molecule has 76 valence electrons. The van der Waals surface area contributed by atoms with Crippen molar-refractivity contribution in [3.63, 3.8) is 0 Å². The average molecular weight is 202 g/mol. The minimum Gasteiger partial charge on any atom is -0.354 e. The molecular formula is C11H10N2O2. The standard InChI is InChI=1S/C11H10N2O2/c1-8(14)15-12-7-10-6-9-4-2-3-5-11(9)13-10/h2-7,13H,1H3. The summed E-state index contributed by atoms with van der Waals surface area (Å²) in [5, 5.41) is 4.63. The van der Waals surface area contributed by atoms with Crippen LogP contribution >= 0.6 is 0 Å². The Morgan fingerprint density at radius 1 is 1.47 bits per heavy atom. The maximum Gasteiger partial charge on any atom is 0.331 e. The van der Waals surface area contributed by atoms with E-state index in [1.54, 1.807) is 0 Å². The van der Waals surface area contributed by atoms with Crippen molar-refractivity contribution in [3.05, 3.63) is 36.0 Å². The van der Waals surface area contributed by atoms with Gasteiger partial charge in [-0.15, -0.1) is 0 Å². The highest BCUT2D eigenvalue weighted by atomic mass is 16.7. The Bertz CT molecular complexity index is 481. The van der Waals surface area contributed by atoms with Gasteiger partial charge in [0, 0.05) is 17.8 Å². The van der Waals surface area contributed by atoms with Gasteiger partial charge in [-0.05, 0) is 12.1 Å². The lowest BCUT2D eigenvalue weighted by Gasteiger charge is -1.87. The van der Waals surface area contributed by atoms with Gasteiger partial charge >= 0.3 is 5.97 Å². The Kier molecular flexibility index (Phi) is 2.49. The van der Waals surface area contributed by atoms with Crippen molar-refractivity contribution in [2.45, 2.75) is 6.92 Å². The molecule has 0 aliphatic rings. The molecule has 15 heavy (non-hydrogen) atoms. The Hall–Kier alpha value is -2.10. The zero-order valence-electron chi connectivity index (χ0n) is 8.23. The fraction of sp³-hybridized carbons (Fsp3) is 0.0909. The number of para-hydroxylation sites is 1. The van der Waals surface area contributed by atoms with Gasteiger partial charge in [-0.2, -0.15) is 0 Å². The van der Waals surface area contributed by atoms with Gasteiger partial charge in [-0.3, -0.25) is 0 Å². The smallest absolute Gasteiger partial charge is 0.331 e. The Balaban J connectivity index is 2.22. The predicted octanol–water partition coefficient (Wildman–Crippen LogP) is 2.06. The van der Waals surface area contributed by atoms with Gasteiger partial charge in [-0.1, -0.05) is 23.4 Å². The number of carbonyl (C=O) groups is 1. The fourth-order valence-corrected chi connectivity index (χ4v) is 1.32. The number of nitrogens with zero attached hydrogens (tertiary/aromatic N) is 1. The van der Waals surface area contributed by atoms with Crippen LogP contribution in [-0.4, -0.2) is 17.2 Å². The first-order valence-electron chi connectivity index (χ1n) is 4.54. The molecule has 1 aromatic carbocycles. The number of aromatic nitrogens is 1. The minimum absolute atomic E-state index is 0.428. The molecule has 0 fully saturated rings. The van der Waals surface area contributed by atoms with Crippen LogP contribution in [-0.2, 0) is 9.63 Å². The van der Waals surface area contributed by atoms with Crippen LogP contribution in [0.3, 0.4) is 0 Å². The first kappa shape index (κ1) is 9.45. The molecule has 2 aromatic rings. The van der Waals surface area contributed by atoms with E-state index >= 15 is 0 Å². The minimum atomic E-state index is -0.428. The van der Waals surface area contributed by atoms with E-state index in [9.17, 15) is 4.79 Å². The van der Waals surface area contributed by atoms with E-state index in [0.717, 1.165) is 16.6 Å². The summed E-state index contributed by atoms with van der Waals surface area (Å²) in [7, 11) is 0. The molecular weight excluding hydrogens is 192 g/mol. The van der Waals surface area contributed by atoms with E-state index in [0.29, 0.717) is 0 Å². The molecule has 0 radical (unpaired) electrons. The van der Waals surface area contributed by atoms with E-state index < -0.39 is 5.97 Å². The molecule has 0 unspecified atom stereocenters. The molecule has 0 atom stereocenters. The lowest BCUT2D eigenvalue weighted by atomic mass is 10.2. The number of hydrogen-bond acceptors (Lipinski definition) is 3. The van der Waals surface area contributed by atoms with Crippen molar-refractivity contribution in [2.75, 3.05) is 0 Å². The molecule has 1 N–H and O–H groups in total. The van der Waals surface area contributed by atoms with Crippen molar-refractivity contribution in [2.24, 2.45) is 5.16 Å². The van der Waals surface area contributed by atoms with E-state index in [4.69, 9.17) is 0 Å². The fourth-order valence-electron chi connectivity index (χ4n) is 1.32. The highest BCUT2D eigenvalue weighted by Gasteiger charge is 1.96. The van der Waals surface area contributed by atoms with Crippen LogP contribution in [0.25, 0.3) is 10.9 Å². The highest BCUT2D eigenvalue weighted by Crippen LogP contribution is 2.13. The number of aromatic amines is 1. The third-order valence-electron chi connectivity index (χ3n) is 1.92. The zero-order chi connectivity index (χ0) is 10.7. The van der Waals surface area contributed by atoms with Crippen molar-refractivity contribution < 1.29 is 9.63 Å². The van der Waals surface area contributed by atoms with Gasteiger partial charge < -0.3 is 9.82 Å². The van der Waals surface area contributed by atoms with Crippen LogP contribution in [0.2, 0.25) is 0 Å². The summed E-state index contributed by atoms with van der Waals surface area (Å²) in [5.41, 5.74) is 1.83. The second-order valence-corrected chi connectivity index (χ2v) is 3.13. The van der Waals surface area contributed by atoms with Gasteiger partial charge in [-0.25, -0.2) is 4.79 Å². The number of fused-ring (bicyclic) bond motifs is 1. The molecule has 0 spiro atoms. The van der Waals surface area contributed by atoms with Crippen LogP contribution in [0.1, 0.15) is 12.6 Å². The van der Waals surface area contributed by atoms with Crippen molar-refractivity contribution in [1.82, 2.24) is 4.98 Å². The third kappa shape index (κ3) is 2.22. The van der Waals surface area contributed by atoms with E-state index in [2.05, 4.69) is 15.0 Å². The summed E-state index contributed by atoms with van der Waals surface area (Å²) in [6.45, 7) is 1.31. The molecule has 1 aromatic heterocycles. The first-order valence-corrected chi connectivity index (χ1v) is 4.54. The Morgan fingerprint density at radius 3 is 3.00 bits per heavy atom. The number of benzene rings is 1. The second kappa shape index (κ2) is 3.96. The second-order valence-electron chi connectivity index (χ2n) is 3.13. The summed E-state index contributed by atoms with van der Waals surface area (Å²) >= 11 is 0. The third-order valence-corrected chi connectivity index (χ3v) is 1.92. The Labute approximate surface area is 86.5 Å². The molecule has 4 heteroatoms. The number of H-pyrrole nitrogens is 1. The number of hydrogen-bond donors (Lipinski definition) is 1. The van der Waals surface area contributed by atoms with Gasteiger partial charge in [0.15, 0.2) is 0 Å². The number of oxime groups is 1. The molecule has 0 aliphatic carbocycles. The molecule has 0 amide bonds. The van der Waals surface area contributed by atoms with Crippen molar-refractivity contribution in [1.29, 1.82) is 0 Å². The largest absolute Gasteiger partial charge is 0.354 e. The number of nitrogens with one attached hydrogen (secondary N) is 1. The molecule has 4 nitrogen and oxygen atoms in total. The summed E-state index contributed by atoms with van der Waals surface area (Å²) in [5.74, 6) is -0.428. The monoisotopic (exact) mass is 202 g/mol. The molecule has 0 saturated carbocycles. The van der Waals surface area contributed by atoms with E-state index in [1.165, 1.54) is 13.1 Å². The van der Waals surface area contributed by atoms with Crippen LogP contribution in [0.4, 0.5) is 0 Å². The molecule has 0 aliphatic heterocycles. The summed E-state index contributed by atoms with van der Waals surface area (Å²) in [6, 6.07) is 9.81. The Morgan fingerprint density at radius 2 is 2.27 bits per heavy atom. The average Bonchev–Trinajstić information content (AvgIpc) is 2.59. The molecule has 1 heterocycles. The maximum atomic E-state index is 10.5. The normalized spacial score (nSPS) is 11.0. The summed E-state index contributed by atoms with van der Waals surface area (Å²) in [6.07, 6.45) is 1.47. The van der Waals surface area contributed by atoms with Crippen molar-refractivity contribution >= 4 is 23.1 Å². The van der Waals surface area contributed by atoms with Gasteiger partial charge in [0.2, 0.25) is 0 Å². The van der Waals surface area contributed by atoms with Crippen LogP contribution in [0.15, 0.2) is 35.5 Å². The summed E-state index contributed by atoms with van der Waals surface area (Å²) in [4.78, 5) is 18.0. The molecule has 2 rings (SSSR count). The van der Waals surface area contributed by atoms with Crippen LogP contribution < -0.4 is 0 Å². The SMILES string of the molecule is CC(=O)ON=Cc1cc2ccccc2[nH]1. The van der Waals surface area contributed by atoms with E-state index in [-0.39, 0.29) is 0 Å². The highest BCUT2D eigenvalue weighted by molar-refractivity contribution is 5.89. The summed E-state index contributed by atoms with van der Waals surface area (Å²) < 4.78 is 0. The molecule has 0 saturated heterocycles. The lowest BCUT2D eigenvalue weighted by molar-refractivity contribution is -0.140. The maximum absolute atomic E-state index is 10.5. The predicted molar refractivity (Wildman–Crippen MR) is 57.7 cm³/mol. The van der Waals surface area contributed by atoms with Crippen LogP contribution in [0, 0.1) is 0 Å².